The van der Waals surface area contributed by atoms with Crippen LogP contribution in [0.15, 0.2) is 41.3 Å². The van der Waals surface area contributed by atoms with Crippen LogP contribution in [-0.4, -0.2) is 47.2 Å². The number of anilines is 1. The molecule has 3 N–H and O–H groups in total. The molecule has 0 aliphatic carbocycles. The van der Waals surface area contributed by atoms with E-state index < -0.39 is 0 Å². The van der Waals surface area contributed by atoms with Gasteiger partial charge in [0.15, 0.2) is 0 Å². The third kappa shape index (κ3) is 2.75. The van der Waals surface area contributed by atoms with Crippen LogP contribution in [0.25, 0.3) is 5.69 Å². The van der Waals surface area contributed by atoms with E-state index in [1.807, 2.05) is 12.1 Å². The molecule has 2 saturated heterocycles. The molecular formula is C17H21N5O. The van der Waals surface area contributed by atoms with Gasteiger partial charge in [0.1, 0.15) is 5.82 Å². The maximum atomic E-state index is 11.8. The summed E-state index contributed by atoms with van der Waals surface area (Å²) in [6.07, 6.45) is 2.70. The first-order valence-corrected chi connectivity index (χ1v) is 8.01. The molecule has 2 fully saturated rings. The fraction of sp³-hybridized carbons (Fsp3) is 0.412. The van der Waals surface area contributed by atoms with E-state index in [0.29, 0.717) is 5.41 Å². The Morgan fingerprint density at radius 2 is 1.91 bits per heavy atom. The molecule has 1 aromatic carbocycles. The average Bonchev–Trinajstić information content (AvgIpc) is 2.45. The summed E-state index contributed by atoms with van der Waals surface area (Å²) in [6.45, 7) is 5.92. The van der Waals surface area contributed by atoms with Gasteiger partial charge in [-0.1, -0.05) is 12.1 Å². The number of nitrogens with one attached hydrogen (secondary N) is 1. The smallest absolute Gasteiger partial charge is 0.354 e. The SMILES string of the molecule is Nc1ccn(-c2ccc(CCN3CC4(CNC4)C3)cc2)c(=O)n1. The third-order valence-corrected chi connectivity index (χ3v) is 4.87. The van der Waals surface area contributed by atoms with E-state index in [9.17, 15) is 4.79 Å². The Kier molecular flexibility index (Phi) is 3.43. The molecule has 1 spiro atoms. The number of nitrogens with two attached hydrogens (primary N) is 1. The lowest BCUT2D eigenvalue weighted by atomic mass is 9.74. The molecule has 0 atom stereocenters. The molecule has 0 amide bonds. The van der Waals surface area contributed by atoms with Crippen molar-refractivity contribution in [2.45, 2.75) is 6.42 Å². The van der Waals surface area contributed by atoms with Gasteiger partial charge in [0.25, 0.3) is 0 Å². The summed E-state index contributed by atoms with van der Waals surface area (Å²) in [6, 6.07) is 9.71. The largest absolute Gasteiger partial charge is 0.383 e. The van der Waals surface area contributed by atoms with Crippen LogP contribution < -0.4 is 16.7 Å². The predicted octanol–water partition coefficient (Wildman–Crippen LogP) is 0.262. The number of hydrogen-bond acceptors (Lipinski definition) is 5. The monoisotopic (exact) mass is 311 g/mol. The molecule has 0 bridgehead atoms. The number of rotatable bonds is 4. The highest BCUT2D eigenvalue weighted by Gasteiger charge is 2.46. The number of likely N-dealkylation sites (tertiary alicyclic amines) is 1. The molecule has 4 rings (SSSR count). The van der Waals surface area contributed by atoms with Crippen molar-refractivity contribution in [1.82, 2.24) is 19.8 Å². The van der Waals surface area contributed by atoms with Gasteiger partial charge in [-0.3, -0.25) is 4.57 Å². The van der Waals surface area contributed by atoms with E-state index in [2.05, 4.69) is 27.3 Å². The van der Waals surface area contributed by atoms with Crippen molar-refractivity contribution < 1.29 is 0 Å². The highest BCUT2D eigenvalue weighted by Crippen LogP contribution is 2.33. The van der Waals surface area contributed by atoms with E-state index >= 15 is 0 Å². The summed E-state index contributed by atoms with van der Waals surface area (Å²) < 4.78 is 1.50. The van der Waals surface area contributed by atoms with E-state index in [1.165, 1.54) is 36.3 Å². The molecule has 6 nitrogen and oxygen atoms in total. The molecular weight excluding hydrogens is 290 g/mol. The number of hydrogen-bond donors (Lipinski definition) is 2. The van der Waals surface area contributed by atoms with Gasteiger partial charge in [-0.05, 0) is 30.2 Å². The lowest BCUT2D eigenvalue weighted by Gasteiger charge is -2.56. The topological polar surface area (TPSA) is 76.2 Å². The lowest BCUT2D eigenvalue weighted by molar-refractivity contribution is -0.0382. The molecule has 2 aliphatic heterocycles. The Bertz CT molecular complexity index is 755. The molecule has 3 heterocycles. The molecule has 0 saturated carbocycles. The van der Waals surface area contributed by atoms with Crippen LogP contribution in [0.1, 0.15) is 5.56 Å². The Labute approximate surface area is 134 Å². The maximum Gasteiger partial charge on any atom is 0.354 e. The minimum absolute atomic E-state index is 0.247. The van der Waals surface area contributed by atoms with Crippen LogP contribution in [-0.2, 0) is 6.42 Å². The molecule has 0 radical (unpaired) electrons. The molecule has 23 heavy (non-hydrogen) atoms. The van der Waals surface area contributed by atoms with Crippen LogP contribution in [0.5, 0.6) is 0 Å². The van der Waals surface area contributed by atoms with Crippen LogP contribution in [0, 0.1) is 5.41 Å². The first-order chi connectivity index (χ1) is 11.1. The maximum absolute atomic E-state index is 11.8. The first-order valence-electron chi connectivity index (χ1n) is 8.01. The second kappa shape index (κ2) is 5.47. The van der Waals surface area contributed by atoms with Gasteiger partial charge >= 0.3 is 5.69 Å². The summed E-state index contributed by atoms with van der Waals surface area (Å²) in [5.74, 6) is 0.247. The molecule has 120 valence electrons. The second-order valence-electron chi connectivity index (χ2n) is 6.74. The number of nitrogen functional groups attached to an aromatic ring is 1. The first kappa shape index (κ1) is 14.4. The van der Waals surface area contributed by atoms with Crippen molar-refractivity contribution in [2.75, 3.05) is 38.5 Å². The van der Waals surface area contributed by atoms with Crippen LogP contribution >= 0.6 is 0 Å². The number of benzene rings is 1. The minimum atomic E-state index is -0.349. The summed E-state index contributed by atoms with van der Waals surface area (Å²) in [5, 5.41) is 3.36. The second-order valence-corrected chi connectivity index (χ2v) is 6.74. The van der Waals surface area contributed by atoms with E-state index in [0.717, 1.165) is 18.7 Å². The highest BCUT2D eigenvalue weighted by molar-refractivity contribution is 5.36. The zero-order chi connectivity index (χ0) is 15.9. The van der Waals surface area contributed by atoms with Crippen molar-refractivity contribution in [2.24, 2.45) is 5.41 Å². The number of aromatic nitrogens is 2. The van der Waals surface area contributed by atoms with E-state index in [4.69, 9.17) is 5.73 Å². The van der Waals surface area contributed by atoms with Crippen molar-refractivity contribution in [3.05, 3.63) is 52.6 Å². The average molecular weight is 311 g/mol. The van der Waals surface area contributed by atoms with Gasteiger partial charge in [-0.25, -0.2) is 4.79 Å². The molecule has 2 aromatic rings. The molecule has 2 aliphatic rings. The molecule has 1 aromatic heterocycles. The highest BCUT2D eigenvalue weighted by atomic mass is 16.1. The minimum Gasteiger partial charge on any atom is -0.383 e. The number of nitrogens with zero attached hydrogens (tertiary/aromatic N) is 3. The van der Waals surface area contributed by atoms with Gasteiger partial charge in [0, 0.05) is 44.3 Å². The van der Waals surface area contributed by atoms with Crippen molar-refractivity contribution in [3.8, 4) is 5.69 Å². The van der Waals surface area contributed by atoms with Gasteiger partial charge in [-0.15, -0.1) is 0 Å². The van der Waals surface area contributed by atoms with Crippen LogP contribution in [0.2, 0.25) is 0 Å². The van der Waals surface area contributed by atoms with Gasteiger partial charge in [0.05, 0.1) is 5.69 Å². The Hall–Kier alpha value is -2.18. The van der Waals surface area contributed by atoms with Gasteiger partial charge < -0.3 is 16.0 Å². The van der Waals surface area contributed by atoms with Crippen LogP contribution in [0.3, 0.4) is 0 Å². The summed E-state index contributed by atoms with van der Waals surface area (Å²) in [5.41, 5.74) is 7.86. The zero-order valence-corrected chi connectivity index (χ0v) is 13.0. The summed E-state index contributed by atoms with van der Waals surface area (Å²) in [4.78, 5) is 18.1. The van der Waals surface area contributed by atoms with Crippen LogP contribution in [0.4, 0.5) is 5.82 Å². The fourth-order valence-corrected chi connectivity index (χ4v) is 3.49. The van der Waals surface area contributed by atoms with Gasteiger partial charge in [0.2, 0.25) is 0 Å². The molecule has 0 unspecified atom stereocenters. The standard InChI is InChI=1S/C17H21N5O/c18-15-6-8-22(16(23)20-15)14-3-1-13(2-4-14)5-7-21-11-17(12-21)9-19-10-17/h1-4,6,8,19H,5,7,9-12H2,(H2,18,20,23). The summed E-state index contributed by atoms with van der Waals surface area (Å²) >= 11 is 0. The van der Waals surface area contributed by atoms with Crippen molar-refractivity contribution >= 4 is 5.82 Å². The Balaban J connectivity index is 1.37. The zero-order valence-electron chi connectivity index (χ0n) is 13.0. The fourth-order valence-electron chi connectivity index (χ4n) is 3.49. The summed E-state index contributed by atoms with van der Waals surface area (Å²) in [7, 11) is 0. The lowest BCUT2D eigenvalue weighted by Crippen LogP contribution is -2.71. The van der Waals surface area contributed by atoms with Crippen molar-refractivity contribution in [1.29, 1.82) is 0 Å². The quantitative estimate of drug-likeness (QED) is 0.847. The Morgan fingerprint density at radius 3 is 2.52 bits per heavy atom. The third-order valence-electron chi connectivity index (χ3n) is 4.87. The normalized spacial score (nSPS) is 19.3. The Morgan fingerprint density at radius 1 is 1.17 bits per heavy atom. The predicted molar refractivity (Wildman–Crippen MR) is 89.7 cm³/mol. The van der Waals surface area contributed by atoms with Crippen molar-refractivity contribution in [3.63, 3.8) is 0 Å². The van der Waals surface area contributed by atoms with E-state index in [-0.39, 0.29) is 11.5 Å². The van der Waals surface area contributed by atoms with E-state index in [1.54, 1.807) is 12.3 Å². The van der Waals surface area contributed by atoms with Gasteiger partial charge in [-0.2, -0.15) is 4.98 Å². The molecule has 6 heteroatoms.